The van der Waals surface area contributed by atoms with E-state index >= 15 is 0 Å². The number of hydrogen-bond donors (Lipinski definition) is 1. The summed E-state index contributed by atoms with van der Waals surface area (Å²) in [5.74, 6) is 0.244. The van der Waals surface area contributed by atoms with Gasteiger partial charge in [-0.1, -0.05) is 0 Å². The van der Waals surface area contributed by atoms with E-state index in [1.165, 1.54) is 0 Å². The molecule has 1 aliphatic rings. The molecule has 1 aromatic rings. The minimum absolute atomic E-state index is 0. The maximum atomic E-state index is 12.2. The first-order valence-electron chi connectivity index (χ1n) is 5.98. The molecule has 4 nitrogen and oxygen atoms in total. The fraction of sp³-hybridized carbons (Fsp3) is 0.583. The van der Waals surface area contributed by atoms with Crippen molar-refractivity contribution in [1.29, 1.82) is 0 Å². The van der Waals surface area contributed by atoms with Crippen molar-refractivity contribution >= 4 is 29.9 Å². The zero-order chi connectivity index (χ0) is 12.3. The van der Waals surface area contributed by atoms with Crippen LogP contribution in [0.25, 0.3) is 0 Å². The van der Waals surface area contributed by atoms with Crippen molar-refractivity contribution < 1.29 is 9.21 Å². The molecule has 1 amide bonds. The van der Waals surface area contributed by atoms with E-state index in [4.69, 9.17) is 21.8 Å². The van der Waals surface area contributed by atoms with Gasteiger partial charge in [0.1, 0.15) is 0 Å². The summed E-state index contributed by atoms with van der Waals surface area (Å²) in [6.07, 6.45) is 4.08. The largest absolute Gasteiger partial charge is 0.440 e. The summed E-state index contributed by atoms with van der Waals surface area (Å²) in [4.78, 5) is 14.1. The maximum Gasteiger partial charge on any atom is 0.289 e. The van der Waals surface area contributed by atoms with Crippen LogP contribution in [0.4, 0.5) is 0 Å². The summed E-state index contributed by atoms with van der Waals surface area (Å²) in [7, 11) is 0. The Labute approximate surface area is 118 Å². The average Bonchev–Trinajstić information content (AvgIpc) is 2.76. The number of nitrogens with two attached hydrogens (primary N) is 1. The molecular weight excluding hydrogens is 275 g/mol. The van der Waals surface area contributed by atoms with Crippen LogP contribution in [0.2, 0.25) is 5.22 Å². The van der Waals surface area contributed by atoms with Crippen LogP contribution in [0.1, 0.15) is 36.2 Å². The van der Waals surface area contributed by atoms with E-state index in [1.54, 1.807) is 12.1 Å². The van der Waals surface area contributed by atoms with Crippen molar-refractivity contribution in [2.24, 2.45) is 5.73 Å². The molecule has 102 valence electrons. The van der Waals surface area contributed by atoms with E-state index in [-0.39, 0.29) is 29.6 Å². The van der Waals surface area contributed by atoms with Gasteiger partial charge in [-0.15, -0.1) is 12.4 Å². The van der Waals surface area contributed by atoms with Crippen molar-refractivity contribution in [2.75, 3.05) is 13.1 Å². The van der Waals surface area contributed by atoms with E-state index in [2.05, 4.69) is 0 Å². The van der Waals surface area contributed by atoms with Crippen LogP contribution in [0.3, 0.4) is 0 Å². The second kappa shape index (κ2) is 7.02. The zero-order valence-corrected chi connectivity index (χ0v) is 11.7. The smallest absolute Gasteiger partial charge is 0.289 e. The second-order valence-corrected chi connectivity index (χ2v) is 4.70. The van der Waals surface area contributed by atoms with Crippen LogP contribution < -0.4 is 5.73 Å². The highest BCUT2D eigenvalue weighted by atomic mass is 35.5. The Balaban J connectivity index is 0.00000162. The molecule has 1 fully saturated rings. The molecule has 2 rings (SSSR count). The van der Waals surface area contributed by atoms with Gasteiger partial charge in [0, 0.05) is 12.6 Å². The summed E-state index contributed by atoms with van der Waals surface area (Å²) in [5.41, 5.74) is 5.58. The predicted molar refractivity (Wildman–Crippen MR) is 73.3 cm³/mol. The van der Waals surface area contributed by atoms with Gasteiger partial charge in [0.15, 0.2) is 11.0 Å². The number of furan rings is 1. The third-order valence-corrected chi connectivity index (χ3v) is 3.38. The Kier molecular flexibility index (Phi) is 5.99. The number of piperidine rings is 1. The van der Waals surface area contributed by atoms with Crippen LogP contribution in [-0.4, -0.2) is 29.9 Å². The summed E-state index contributed by atoms with van der Waals surface area (Å²) in [6.45, 7) is 1.38. The van der Waals surface area contributed by atoms with Crippen molar-refractivity contribution in [3.63, 3.8) is 0 Å². The fourth-order valence-corrected chi connectivity index (χ4v) is 2.48. The van der Waals surface area contributed by atoms with Crippen molar-refractivity contribution in [3.8, 4) is 0 Å². The summed E-state index contributed by atoms with van der Waals surface area (Å²) in [6, 6.07) is 3.46. The molecule has 18 heavy (non-hydrogen) atoms. The number of hydrogen-bond acceptors (Lipinski definition) is 3. The highest BCUT2D eigenvalue weighted by Crippen LogP contribution is 2.23. The Morgan fingerprint density at radius 1 is 1.50 bits per heavy atom. The Morgan fingerprint density at radius 2 is 2.28 bits per heavy atom. The number of carbonyl (C=O) groups is 1. The maximum absolute atomic E-state index is 12.2. The molecule has 0 bridgehead atoms. The van der Waals surface area contributed by atoms with Crippen LogP contribution >= 0.6 is 24.0 Å². The van der Waals surface area contributed by atoms with Gasteiger partial charge in [0.25, 0.3) is 5.91 Å². The number of nitrogens with zero attached hydrogens (tertiary/aromatic N) is 1. The monoisotopic (exact) mass is 292 g/mol. The highest BCUT2D eigenvalue weighted by Gasteiger charge is 2.28. The minimum Gasteiger partial charge on any atom is -0.440 e. The first-order valence-corrected chi connectivity index (χ1v) is 6.36. The number of amides is 1. The standard InChI is InChI=1S/C12H17ClN2O2.ClH/c13-11-5-4-10(17-11)12(16)15-8-2-1-3-9(15)6-7-14;/h4-5,9H,1-3,6-8,14H2;1H. The minimum atomic E-state index is -0.0740. The number of rotatable bonds is 3. The Bertz CT molecular complexity index is 393. The third kappa shape index (κ3) is 3.40. The Hall–Kier alpha value is -0.710. The molecule has 2 heterocycles. The molecule has 0 radical (unpaired) electrons. The van der Waals surface area contributed by atoms with E-state index in [1.807, 2.05) is 4.90 Å². The van der Waals surface area contributed by atoms with Crippen LogP contribution in [0.5, 0.6) is 0 Å². The topological polar surface area (TPSA) is 59.5 Å². The van der Waals surface area contributed by atoms with Gasteiger partial charge in [-0.25, -0.2) is 0 Å². The lowest BCUT2D eigenvalue weighted by Crippen LogP contribution is -2.44. The fourth-order valence-electron chi connectivity index (χ4n) is 2.33. The molecule has 0 spiro atoms. The number of carbonyl (C=O) groups excluding carboxylic acids is 1. The molecule has 2 N–H and O–H groups in total. The van der Waals surface area contributed by atoms with Gasteiger partial charge in [-0.05, 0) is 56.0 Å². The van der Waals surface area contributed by atoms with Gasteiger partial charge in [-0.2, -0.15) is 0 Å². The average molecular weight is 293 g/mol. The van der Waals surface area contributed by atoms with E-state index in [0.717, 1.165) is 32.2 Å². The lowest BCUT2D eigenvalue weighted by Gasteiger charge is -2.35. The van der Waals surface area contributed by atoms with Crippen LogP contribution in [-0.2, 0) is 0 Å². The van der Waals surface area contributed by atoms with Gasteiger partial charge >= 0.3 is 0 Å². The molecule has 1 aromatic heterocycles. The third-order valence-electron chi connectivity index (χ3n) is 3.17. The first-order chi connectivity index (χ1) is 8.22. The highest BCUT2D eigenvalue weighted by molar-refractivity contribution is 6.29. The zero-order valence-electron chi connectivity index (χ0n) is 10.1. The molecule has 6 heteroatoms. The number of halogens is 2. The van der Waals surface area contributed by atoms with E-state index in [0.29, 0.717) is 12.3 Å². The summed E-state index contributed by atoms with van der Waals surface area (Å²) >= 11 is 5.68. The molecular formula is C12H18Cl2N2O2. The van der Waals surface area contributed by atoms with Gasteiger partial charge in [0.05, 0.1) is 0 Å². The van der Waals surface area contributed by atoms with Crippen molar-refractivity contribution in [3.05, 3.63) is 23.1 Å². The Morgan fingerprint density at radius 3 is 2.89 bits per heavy atom. The molecule has 0 aliphatic carbocycles. The molecule has 1 aliphatic heterocycles. The van der Waals surface area contributed by atoms with Crippen LogP contribution in [0, 0.1) is 0 Å². The number of likely N-dealkylation sites (tertiary alicyclic amines) is 1. The molecule has 1 saturated heterocycles. The molecule has 1 atom stereocenters. The first kappa shape index (κ1) is 15.3. The van der Waals surface area contributed by atoms with Crippen molar-refractivity contribution in [1.82, 2.24) is 4.90 Å². The lowest BCUT2D eigenvalue weighted by atomic mass is 9.99. The van der Waals surface area contributed by atoms with Gasteiger partial charge in [-0.3, -0.25) is 4.79 Å². The predicted octanol–water partition coefficient (Wildman–Crippen LogP) is 2.70. The SMILES string of the molecule is Cl.NCCC1CCCCN1C(=O)c1ccc(Cl)o1. The molecule has 0 aromatic carbocycles. The van der Waals surface area contributed by atoms with Gasteiger partial charge in [0.2, 0.25) is 0 Å². The quantitative estimate of drug-likeness (QED) is 0.932. The molecule has 1 unspecified atom stereocenters. The summed E-state index contributed by atoms with van der Waals surface area (Å²) < 4.78 is 5.17. The van der Waals surface area contributed by atoms with Crippen molar-refractivity contribution in [2.45, 2.75) is 31.7 Å². The second-order valence-electron chi connectivity index (χ2n) is 4.33. The lowest BCUT2D eigenvalue weighted by molar-refractivity contribution is 0.0572. The normalized spacial score (nSPS) is 19.4. The molecule has 0 saturated carbocycles. The van der Waals surface area contributed by atoms with Gasteiger partial charge < -0.3 is 15.1 Å². The van der Waals surface area contributed by atoms with Crippen LogP contribution in [0.15, 0.2) is 16.5 Å². The van der Waals surface area contributed by atoms with E-state index < -0.39 is 0 Å². The van der Waals surface area contributed by atoms with E-state index in [9.17, 15) is 4.79 Å². The summed E-state index contributed by atoms with van der Waals surface area (Å²) in [5, 5.41) is 0.251.